The largest absolute Gasteiger partial charge is 0.301 e. The molecule has 0 radical (unpaired) electrons. The second kappa shape index (κ2) is 8.08. The van der Waals surface area contributed by atoms with E-state index in [9.17, 15) is 4.79 Å². The molecule has 2 aromatic carbocycles. The molecular weight excluding hydrogens is 388 g/mol. The molecule has 0 spiro atoms. The number of nitrogens with one attached hydrogen (secondary N) is 1. The lowest BCUT2D eigenvalue weighted by Crippen LogP contribution is -2.22. The van der Waals surface area contributed by atoms with Gasteiger partial charge in [0.2, 0.25) is 5.91 Å². The van der Waals surface area contributed by atoms with Gasteiger partial charge in [0.05, 0.1) is 21.2 Å². The van der Waals surface area contributed by atoms with Crippen molar-refractivity contribution >= 4 is 44.4 Å². The minimum atomic E-state index is -0.313. The zero-order valence-electron chi connectivity index (χ0n) is 15.4. The van der Waals surface area contributed by atoms with Crippen LogP contribution in [0.15, 0.2) is 66.0 Å². The predicted octanol–water partition coefficient (Wildman–Crippen LogP) is 5.18. The van der Waals surface area contributed by atoms with Gasteiger partial charge in [-0.3, -0.25) is 4.79 Å². The molecule has 0 aliphatic heterocycles. The monoisotopic (exact) mass is 406 g/mol. The summed E-state index contributed by atoms with van der Waals surface area (Å²) in [5, 5.41) is 3.99. The van der Waals surface area contributed by atoms with E-state index in [-0.39, 0.29) is 11.2 Å². The molecular formula is C21H18N4OS2. The van der Waals surface area contributed by atoms with Gasteiger partial charge in [-0.25, -0.2) is 15.0 Å². The number of carbonyl (C=O) groups is 1. The molecule has 2 aromatic heterocycles. The highest BCUT2D eigenvalue weighted by Crippen LogP contribution is 2.29. The van der Waals surface area contributed by atoms with Gasteiger partial charge in [0.25, 0.3) is 0 Å². The van der Waals surface area contributed by atoms with Gasteiger partial charge in [-0.1, -0.05) is 59.5 Å². The SMILES string of the molecule is Cc1ccc2nc(NC(=O)C(C)Sc3cc(-c4ccccc4)ncn3)sc2c1. The van der Waals surface area contributed by atoms with Crippen molar-refractivity contribution in [2.24, 2.45) is 0 Å². The van der Waals surface area contributed by atoms with Crippen molar-refractivity contribution in [3.63, 3.8) is 0 Å². The maximum Gasteiger partial charge on any atom is 0.239 e. The van der Waals surface area contributed by atoms with Gasteiger partial charge in [0, 0.05) is 5.56 Å². The molecule has 5 nitrogen and oxygen atoms in total. The van der Waals surface area contributed by atoms with E-state index in [1.54, 1.807) is 0 Å². The number of rotatable bonds is 5. The smallest absolute Gasteiger partial charge is 0.239 e. The van der Waals surface area contributed by atoms with Crippen LogP contribution < -0.4 is 5.32 Å². The molecule has 7 heteroatoms. The first-order chi connectivity index (χ1) is 13.6. The number of amides is 1. The summed E-state index contributed by atoms with van der Waals surface area (Å²) in [5.74, 6) is -0.0966. The van der Waals surface area contributed by atoms with Crippen molar-refractivity contribution in [1.29, 1.82) is 0 Å². The van der Waals surface area contributed by atoms with Crippen molar-refractivity contribution in [2.45, 2.75) is 24.1 Å². The molecule has 28 heavy (non-hydrogen) atoms. The Morgan fingerprint density at radius 3 is 2.75 bits per heavy atom. The lowest BCUT2D eigenvalue weighted by atomic mass is 10.1. The topological polar surface area (TPSA) is 67.8 Å². The molecule has 2 heterocycles. The molecule has 1 amide bonds. The first kappa shape index (κ1) is 18.6. The molecule has 1 atom stereocenters. The lowest BCUT2D eigenvalue weighted by Gasteiger charge is -2.10. The summed E-state index contributed by atoms with van der Waals surface area (Å²) in [4.78, 5) is 25.7. The molecule has 140 valence electrons. The van der Waals surface area contributed by atoms with Crippen LogP contribution in [0.1, 0.15) is 12.5 Å². The summed E-state index contributed by atoms with van der Waals surface area (Å²) in [6.45, 7) is 3.91. The Morgan fingerprint density at radius 1 is 1.11 bits per heavy atom. The van der Waals surface area contributed by atoms with Crippen LogP contribution in [-0.2, 0) is 4.79 Å². The van der Waals surface area contributed by atoms with Gasteiger partial charge in [0.15, 0.2) is 5.13 Å². The Balaban J connectivity index is 1.45. The highest BCUT2D eigenvalue weighted by atomic mass is 32.2. The van der Waals surface area contributed by atoms with Gasteiger partial charge < -0.3 is 5.32 Å². The zero-order chi connectivity index (χ0) is 19.5. The van der Waals surface area contributed by atoms with Gasteiger partial charge in [-0.2, -0.15) is 0 Å². The predicted molar refractivity (Wildman–Crippen MR) is 116 cm³/mol. The quantitative estimate of drug-likeness (QED) is 0.365. The number of thiazole rings is 1. The van der Waals surface area contributed by atoms with Gasteiger partial charge in [-0.05, 0) is 37.6 Å². The van der Waals surface area contributed by atoms with Gasteiger partial charge >= 0.3 is 0 Å². The molecule has 0 aliphatic carbocycles. The first-order valence-electron chi connectivity index (χ1n) is 8.81. The van der Waals surface area contributed by atoms with Crippen LogP contribution in [-0.4, -0.2) is 26.1 Å². The van der Waals surface area contributed by atoms with Crippen LogP contribution in [0.5, 0.6) is 0 Å². The molecule has 1 unspecified atom stereocenters. The van der Waals surface area contributed by atoms with E-state index >= 15 is 0 Å². The number of hydrogen-bond donors (Lipinski definition) is 1. The number of benzene rings is 2. The normalized spacial score (nSPS) is 12.1. The minimum Gasteiger partial charge on any atom is -0.301 e. The molecule has 4 aromatic rings. The number of nitrogens with zero attached hydrogens (tertiary/aromatic N) is 3. The maximum absolute atomic E-state index is 12.6. The fourth-order valence-electron chi connectivity index (χ4n) is 2.70. The summed E-state index contributed by atoms with van der Waals surface area (Å²) < 4.78 is 1.07. The van der Waals surface area contributed by atoms with Gasteiger partial charge in [-0.15, -0.1) is 0 Å². The van der Waals surface area contributed by atoms with Crippen LogP contribution in [0.4, 0.5) is 5.13 Å². The van der Waals surface area contributed by atoms with E-state index in [4.69, 9.17) is 0 Å². The third-order valence-corrected chi connectivity index (χ3v) is 6.12. The minimum absolute atomic E-state index is 0.0966. The Kier molecular flexibility index (Phi) is 5.36. The number of hydrogen-bond acceptors (Lipinski definition) is 6. The number of aromatic nitrogens is 3. The summed E-state index contributed by atoms with van der Waals surface area (Å²) in [7, 11) is 0. The number of aryl methyl sites for hydroxylation is 1. The van der Waals surface area contributed by atoms with Crippen LogP contribution in [0, 0.1) is 6.92 Å². The van der Waals surface area contributed by atoms with Crippen molar-refractivity contribution in [3.8, 4) is 11.3 Å². The standard InChI is InChI=1S/C21H18N4OS2/c1-13-8-9-16-18(10-13)28-21(24-16)25-20(26)14(2)27-19-11-17(22-12-23-19)15-6-4-3-5-7-15/h3-12,14H,1-2H3,(H,24,25,26). The number of thioether (sulfide) groups is 1. The first-order valence-corrected chi connectivity index (χ1v) is 10.5. The number of carbonyl (C=O) groups excluding carboxylic acids is 1. The van der Waals surface area contributed by atoms with Crippen LogP contribution in [0.3, 0.4) is 0 Å². The van der Waals surface area contributed by atoms with E-state index < -0.39 is 0 Å². The fourth-order valence-corrected chi connectivity index (χ4v) is 4.48. The average Bonchev–Trinajstić information content (AvgIpc) is 3.10. The summed E-state index contributed by atoms with van der Waals surface area (Å²) in [5.41, 5.74) is 3.94. The highest BCUT2D eigenvalue weighted by Gasteiger charge is 2.17. The Hall–Kier alpha value is -2.77. The summed E-state index contributed by atoms with van der Waals surface area (Å²) in [6.07, 6.45) is 1.53. The second-order valence-electron chi connectivity index (χ2n) is 6.35. The molecule has 0 aliphatic rings. The van der Waals surface area contributed by atoms with Crippen LogP contribution in [0.2, 0.25) is 0 Å². The number of fused-ring (bicyclic) bond motifs is 1. The number of anilines is 1. The van der Waals surface area contributed by atoms with Gasteiger partial charge in [0.1, 0.15) is 11.4 Å². The third-order valence-electron chi connectivity index (χ3n) is 4.15. The molecule has 0 fully saturated rings. The van der Waals surface area contributed by atoms with E-state index in [0.717, 1.165) is 26.5 Å². The van der Waals surface area contributed by atoms with Crippen LogP contribution >= 0.6 is 23.1 Å². The highest BCUT2D eigenvalue weighted by molar-refractivity contribution is 8.00. The molecule has 4 rings (SSSR count). The lowest BCUT2D eigenvalue weighted by molar-refractivity contribution is -0.115. The Bertz CT molecular complexity index is 1130. The van der Waals surface area contributed by atoms with E-state index in [1.807, 2.05) is 62.4 Å². The summed E-state index contributed by atoms with van der Waals surface area (Å²) >= 11 is 2.89. The molecule has 0 saturated heterocycles. The Labute approximate surface area is 171 Å². The van der Waals surface area contributed by atoms with E-state index in [1.165, 1.54) is 35.0 Å². The fraction of sp³-hybridized carbons (Fsp3) is 0.143. The Morgan fingerprint density at radius 2 is 1.93 bits per heavy atom. The van der Waals surface area contributed by atoms with Crippen molar-refractivity contribution < 1.29 is 4.79 Å². The third kappa shape index (κ3) is 4.21. The maximum atomic E-state index is 12.6. The molecule has 0 saturated carbocycles. The van der Waals surface area contributed by atoms with E-state index in [2.05, 4.69) is 26.3 Å². The van der Waals surface area contributed by atoms with Crippen molar-refractivity contribution in [1.82, 2.24) is 15.0 Å². The second-order valence-corrected chi connectivity index (χ2v) is 8.74. The van der Waals surface area contributed by atoms with Crippen LogP contribution in [0.25, 0.3) is 21.5 Å². The van der Waals surface area contributed by atoms with Crippen molar-refractivity contribution in [3.05, 3.63) is 66.5 Å². The molecule has 0 bridgehead atoms. The average molecular weight is 407 g/mol. The molecule has 1 N–H and O–H groups in total. The van der Waals surface area contributed by atoms with Crippen molar-refractivity contribution in [2.75, 3.05) is 5.32 Å². The summed E-state index contributed by atoms with van der Waals surface area (Å²) in [6, 6.07) is 17.9. The zero-order valence-corrected chi connectivity index (χ0v) is 17.1. The van der Waals surface area contributed by atoms with E-state index in [0.29, 0.717) is 5.13 Å².